The van der Waals surface area contributed by atoms with Crippen molar-refractivity contribution >= 4 is 11.8 Å². The predicted molar refractivity (Wildman–Crippen MR) is 28.9 cm³/mol. The van der Waals surface area contributed by atoms with Gasteiger partial charge in [0.25, 0.3) is 0 Å². The third-order valence-corrected chi connectivity index (χ3v) is 0.638. The minimum Gasteiger partial charge on any atom is -0.479 e. The highest BCUT2D eigenvalue weighted by molar-refractivity contribution is 6.04. The Bertz CT molecular complexity index is 291. The summed E-state index contributed by atoms with van der Waals surface area (Å²) in [5, 5.41) is 17.6. The van der Waals surface area contributed by atoms with Crippen molar-refractivity contribution < 1.29 is 28.0 Å². The number of aliphatic hydroxyl groups is 1. The molecule has 0 fully saturated rings. The first-order chi connectivity index (χ1) is 6.35. The van der Waals surface area contributed by atoms with E-state index in [0.29, 0.717) is 0 Å². The standard InChI is InChI=1S/C5H8O4/c1-3(6)5(2,9)4(7)8/h9H,1-2H3,(H,7,8)/i1+1D3,2+1D3,3+1. The van der Waals surface area contributed by atoms with Crippen LogP contribution in [0.4, 0.5) is 0 Å². The van der Waals surface area contributed by atoms with Crippen molar-refractivity contribution in [2.75, 3.05) is 0 Å². The summed E-state index contributed by atoms with van der Waals surface area (Å²) in [5.74, 6) is -4.65. The van der Waals surface area contributed by atoms with Crippen molar-refractivity contribution in [3.63, 3.8) is 0 Å². The van der Waals surface area contributed by atoms with Crippen LogP contribution in [0.25, 0.3) is 0 Å². The van der Waals surface area contributed by atoms with Crippen molar-refractivity contribution in [1.82, 2.24) is 0 Å². The first-order valence-electron chi connectivity index (χ1n) is 4.86. The molecule has 0 aromatic carbocycles. The molecule has 0 aliphatic carbocycles. The molecule has 1 unspecified atom stereocenters. The van der Waals surface area contributed by atoms with E-state index in [1.165, 1.54) is 0 Å². The van der Waals surface area contributed by atoms with E-state index in [-0.39, 0.29) is 0 Å². The first-order valence-corrected chi connectivity index (χ1v) is 1.86. The molecule has 0 rings (SSSR count). The van der Waals surface area contributed by atoms with Crippen molar-refractivity contribution in [3.8, 4) is 0 Å². The molecular formula is C5H8O4. The lowest BCUT2D eigenvalue weighted by Gasteiger charge is -2.11. The van der Waals surface area contributed by atoms with Crippen LogP contribution in [0, 0.1) is 0 Å². The summed E-state index contributed by atoms with van der Waals surface area (Å²) < 4.78 is 39.7. The fourth-order valence-electron chi connectivity index (χ4n) is 0.0971. The molecule has 0 aliphatic rings. The highest BCUT2D eigenvalue weighted by Crippen LogP contribution is 2.03. The van der Waals surface area contributed by atoms with E-state index >= 15 is 0 Å². The van der Waals surface area contributed by atoms with Gasteiger partial charge < -0.3 is 10.2 Å². The molecule has 2 N–H and O–H groups in total. The summed E-state index contributed by atoms with van der Waals surface area (Å²) >= 11 is 0. The second kappa shape index (κ2) is 2.14. The zero-order valence-electron chi connectivity index (χ0n) is 10.2. The fraction of sp³-hybridized carbons (Fsp3) is 0.600. The van der Waals surface area contributed by atoms with Crippen LogP contribution in [0.2, 0.25) is 0 Å². The zero-order chi connectivity index (χ0) is 12.7. The van der Waals surface area contributed by atoms with Crippen LogP contribution in [0.5, 0.6) is 0 Å². The Balaban J connectivity index is 5.55. The first kappa shape index (κ1) is 2.38. The SMILES string of the molecule is [2H][13C]([2H])([2H])[13C](=O)C(O)(C(=O)O)[13C]([2H])([2H])[2H]. The Morgan fingerprint density at radius 3 is 2.33 bits per heavy atom. The minimum atomic E-state index is -3.90. The summed E-state index contributed by atoms with van der Waals surface area (Å²) in [6.07, 6.45) is 0. The molecule has 0 bridgehead atoms. The maximum atomic E-state index is 11.0. The Hall–Kier alpha value is -0.900. The smallest absolute Gasteiger partial charge is 0.343 e. The normalized spacial score (nSPS) is 29.0. The van der Waals surface area contributed by atoms with Crippen molar-refractivity contribution in [3.05, 3.63) is 0 Å². The monoisotopic (exact) mass is 141 g/mol. The predicted octanol–water partition coefficient (Wildman–Crippen LogP) is -0.589. The summed E-state index contributed by atoms with van der Waals surface area (Å²) in [4.78, 5) is 21.5. The third-order valence-electron chi connectivity index (χ3n) is 0.638. The van der Waals surface area contributed by atoms with Gasteiger partial charge in [0.2, 0.25) is 5.60 Å². The molecule has 0 aromatic rings. The van der Waals surface area contributed by atoms with Gasteiger partial charge in [0, 0.05) is 8.22 Å². The van der Waals surface area contributed by atoms with Crippen LogP contribution in [0.1, 0.15) is 21.9 Å². The minimum absolute atomic E-state index is 2.23. The van der Waals surface area contributed by atoms with Gasteiger partial charge in [-0.15, -0.1) is 0 Å². The van der Waals surface area contributed by atoms with E-state index in [1.807, 2.05) is 0 Å². The topological polar surface area (TPSA) is 74.6 Å². The van der Waals surface area contributed by atoms with Gasteiger partial charge in [-0.3, -0.25) is 4.79 Å². The summed E-state index contributed by atoms with van der Waals surface area (Å²) in [6.45, 7) is -7.15. The van der Waals surface area contributed by atoms with Crippen molar-refractivity contribution in [2.24, 2.45) is 0 Å². The Labute approximate surface area is 60.5 Å². The molecule has 0 heterocycles. The van der Waals surface area contributed by atoms with Gasteiger partial charge in [-0.1, -0.05) is 0 Å². The second-order valence-electron chi connectivity index (χ2n) is 1.34. The molecule has 0 radical (unpaired) electrons. The molecule has 0 aliphatic heterocycles. The molecule has 0 amide bonds. The van der Waals surface area contributed by atoms with E-state index in [0.717, 1.165) is 0 Å². The quantitative estimate of drug-likeness (QED) is 0.398. The number of carbonyl (C=O) groups is 2. The molecule has 52 valence electrons. The van der Waals surface area contributed by atoms with E-state index in [4.69, 9.17) is 18.4 Å². The lowest BCUT2D eigenvalue weighted by atomic mass is 10.3. The second-order valence-corrected chi connectivity index (χ2v) is 1.34. The van der Waals surface area contributed by atoms with Crippen LogP contribution >= 0.6 is 0 Å². The number of carboxylic acid groups (broad SMARTS) is 1. The van der Waals surface area contributed by atoms with E-state index < -0.39 is 31.1 Å². The molecule has 4 heteroatoms. The molecule has 0 spiro atoms. The lowest BCUT2D eigenvalue weighted by Crippen LogP contribution is -2.41. The Morgan fingerprint density at radius 1 is 1.67 bits per heavy atom. The van der Waals surface area contributed by atoms with Gasteiger partial charge in [0.05, 0.1) is 0 Å². The highest BCUT2D eigenvalue weighted by atomic mass is 16.4. The van der Waals surface area contributed by atoms with Gasteiger partial charge in [0.1, 0.15) is 0 Å². The van der Waals surface area contributed by atoms with Gasteiger partial charge in [-0.2, -0.15) is 0 Å². The molecule has 4 nitrogen and oxygen atoms in total. The Kier molecular flexibility index (Phi) is 0.567. The largest absolute Gasteiger partial charge is 0.479 e. The number of ketones is 1. The third kappa shape index (κ3) is 1.50. The average molecular weight is 141 g/mol. The van der Waals surface area contributed by atoms with Crippen molar-refractivity contribution in [2.45, 2.75) is 19.3 Å². The zero-order valence-corrected chi connectivity index (χ0v) is 4.21. The number of hydrogen-bond acceptors (Lipinski definition) is 3. The molecule has 0 saturated carbocycles. The number of aliphatic carboxylic acids is 1. The molecule has 0 saturated heterocycles. The van der Waals surface area contributed by atoms with E-state index in [9.17, 15) is 9.59 Å². The van der Waals surface area contributed by atoms with Gasteiger partial charge in [0.15, 0.2) is 5.78 Å². The van der Waals surface area contributed by atoms with Gasteiger partial charge in [-0.25, -0.2) is 4.79 Å². The number of carbonyl (C=O) groups excluding carboxylic acids is 1. The van der Waals surface area contributed by atoms with Crippen LogP contribution in [-0.2, 0) is 9.59 Å². The number of rotatable bonds is 2. The van der Waals surface area contributed by atoms with Crippen molar-refractivity contribution in [1.29, 1.82) is 0 Å². The highest BCUT2D eigenvalue weighted by Gasteiger charge is 2.35. The average Bonchev–Trinajstić information content (AvgIpc) is 1.97. The summed E-state index contributed by atoms with van der Waals surface area (Å²) in [6, 6.07) is 0. The number of Topliss-reactive ketones (excluding diaryl/α,β-unsaturated/α-hetero) is 1. The molecule has 0 aromatic heterocycles. The van der Waals surface area contributed by atoms with Gasteiger partial charge in [-0.05, 0) is 13.7 Å². The van der Waals surface area contributed by atoms with E-state index in [1.54, 1.807) is 0 Å². The molecular weight excluding hydrogens is 127 g/mol. The Morgan fingerprint density at radius 2 is 2.22 bits per heavy atom. The summed E-state index contributed by atoms with van der Waals surface area (Å²) in [5.41, 5.74) is -3.90. The van der Waals surface area contributed by atoms with Crippen LogP contribution in [-0.4, -0.2) is 27.6 Å². The molecule has 9 heavy (non-hydrogen) atoms. The van der Waals surface area contributed by atoms with E-state index in [2.05, 4.69) is 0 Å². The van der Waals surface area contributed by atoms with Crippen LogP contribution in [0.3, 0.4) is 0 Å². The molecule has 1 atom stereocenters. The van der Waals surface area contributed by atoms with Crippen LogP contribution < -0.4 is 0 Å². The number of hydrogen-bond donors (Lipinski definition) is 2. The summed E-state index contributed by atoms with van der Waals surface area (Å²) in [7, 11) is 0. The maximum Gasteiger partial charge on any atom is 0.343 e. The van der Waals surface area contributed by atoms with Crippen LogP contribution in [0.15, 0.2) is 0 Å². The maximum absolute atomic E-state index is 11.0. The fourth-order valence-corrected chi connectivity index (χ4v) is 0.0971. The lowest BCUT2D eigenvalue weighted by molar-refractivity contribution is -0.162. The number of carboxylic acids is 1. The van der Waals surface area contributed by atoms with Gasteiger partial charge >= 0.3 is 5.97 Å².